The number of aromatic nitrogens is 2. The third kappa shape index (κ3) is 5.03. The number of hydrogen-bond donors (Lipinski definition) is 1. The quantitative estimate of drug-likeness (QED) is 0.895. The van der Waals surface area contributed by atoms with Gasteiger partial charge in [-0.1, -0.05) is 20.8 Å². The van der Waals surface area contributed by atoms with E-state index in [4.69, 9.17) is 14.2 Å². The van der Waals surface area contributed by atoms with Crippen molar-refractivity contribution in [3.8, 4) is 0 Å². The lowest BCUT2D eigenvalue weighted by Gasteiger charge is -2.32. The number of ether oxygens (including phenoxy) is 3. The molecule has 0 aliphatic carbocycles. The Bertz CT molecular complexity index is 695. The van der Waals surface area contributed by atoms with Gasteiger partial charge in [0.05, 0.1) is 11.7 Å². The summed E-state index contributed by atoms with van der Waals surface area (Å²) >= 11 is 0. The highest BCUT2D eigenvalue weighted by Gasteiger charge is 2.49. The van der Waals surface area contributed by atoms with Crippen molar-refractivity contribution in [1.29, 1.82) is 0 Å². The first kappa shape index (κ1) is 19.9. The van der Waals surface area contributed by atoms with Gasteiger partial charge in [-0.15, -0.1) is 0 Å². The first-order valence-corrected chi connectivity index (χ1v) is 8.59. The van der Waals surface area contributed by atoms with Crippen LogP contribution >= 0.6 is 0 Å². The van der Waals surface area contributed by atoms with Crippen molar-refractivity contribution < 1.29 is 14.2 Å². The van der Waals surface area contributed by atoms with Gasteiger partial charge < -0.3 is 14.2 Å². The Balaban J connectivity index is 2.41. The fourth-order valence-corrected chi connectivity index (χ4v) is 3.13. The van der Waals surface area contributed by atoms with Gasteiger partial charge in [-0.25, -0.2) is 4.79 Å². The van der Waals surface area contributed by atoms with Gasteiger partial charge in [0, 0.05) is 19.4 Å². The van der Waals surface area contributed by atoms with Gasteiger partial charge in [-0.3, -0.25) is 14.3 Å². The van der Waals surface area contributed by atoms with Crippen molar-refractivity contribution in [3.63, 3.8) is 0 Å². The maximum Gasteiger partial charge on any atom is 0.330 e. The van der Waals surface area contributed by atoms with Crippen LogP contribution < -0.4 is 11.2 Å². The zero-order chi connectivity index (χ0) is 19.0. The first-order valence-electron chi connectivity index (χ1n) is 8.59. The summed E-state index contributed by atoms with van der Waals surface area (Å²) in [6.45, 7) is 12.3. The second kappa shape index (κ2) is 7.05. The third-order valence-corrected chi connectivity index (χ3v) is 3.99. The molecule has 1 aliphatic rings. The molecule has 0 saturated carbocycles. The predicted octanol–water partition coefficient (Wildman–Crippen LogP) is 2.07. The summed E-state index contributed by atoms with van der Waals surface area (Å²) in [6.07, 6.45) is 0.513. The zero-order valence-corrected chi connectivity index (χ0v) is 16.2. The molecule has 0 spiro atoms. The average molecular weight is 354 g/mol. The predicted molar refractivity (Wildman–Crippen MR) is 94.7 cm³/mol. The van der Waals surface area contributed by atoms with Gasteiger partial charge in [0.1, 0.15) is 12.2 Å². The van der Waals surface area contributed by atoms with Crippen molar-refractivity contribution in [2.24, 2.45) is 5.41 Å². The Morgan fingerprint density at radius 1 is 1.16 bits per heavy atom. The summed E-state index contributed by atoms with van der Waals surface area (Å²) in [5.74, 6) is 0. The van der Waals surface area contributed by atoms with Gasteiger partial charge in [0.2, 0.25) is 0 Å². The van der Waals surface area contributed by atoms with E-state index >= 15 is 0 Å². The summed E-state index contributed by atoms with van der Waals surface area (Å²) in [4.78, 5) is 25.8. The molecule has 25 heavy (non-hydrogen) atoms. The standard InChI is InChI=1S/C18H30N2O5/c1-17(2,3)10-11-13(25-18(4,5)6)14(23-7)15(24-11)20-9-8-12(21)19-16(20)22/h8-9,11,13-15H,10H2,1-7H3,(H,19,21,22)/t11-,13?,14?,15-/m1/s1. The lowest BCUT2D eigenvalue weighted by molar-refractivity contribution is -0.124. The zero-order valence-electron chi connectivity index (χ0n) is 16.2. The summed E-state index contributed by atoms with van der Waals surface area (Å²) in [6, 6.07) is 1.30. The van der Waals surface area contributed by atoms with E-state index in [2.05, 4.69) is 25.8 Å². The largest absolute Gasteiger partial charge is 0.374 e. The molecule has 0 radical (unpaired) electrons. The molecule has 1 aromatic heterocycles. The van der Waals surface area contributed by atoms with E-state index in [1.54, 1.807) is 7.11 Å². The Morgan fingerprint density at radius 3 is 2.28 bits per heavy atom. The molecule has 1 fully saturated rings. The Kier molecular flexibility index (Phi) is 5.61. The Labute approximate surface area is 148 Å². The smallest absolute Gasteiger partial charge is 0.330 e. The number of nitrogens with zero attached hydrogens (tertiary/aromatic N) is 1. The minimum atomic E-state index is -0.658. The maximum absolute atomic E-state index is 12.2. The van der Waals surface area contributed by atoms with E-state index < -0.39 is 23.6 Å². The highest BCUT2D eigenvalue weighted by Crippen LogP contribution is 2.39. The van der Waals surface area contributed by atoms with Crippen molar-refractivity contribution in [1.82, 2.24) is 9.55 Å². The molecule has 1 aliphatic heterocycles. The molecule has 2 rings (SSSR count). The van der Waals surface area contributed by atoms with Crippen molar-refractivity contribution in [2.75, 3.05) is 7.11 Å². The van der Waals surface area contributed by atoms with E-state index in [9.17, 15) is 9.59 Å². The molecule has 7 nitrogen and oxygen atoms in total. The number of nitrogens with one attached hydrogen (secondary N) is 1. The second-order valence-corrected chi connectivity index (χ2v) is 8.74. The van der Waals surface area contributed by atoms with Crippen molar-refractivity contribution >= 4 is 0 Å². The normalized spacial score (nSPS) is 27.6. The maximum atomic E-state index is 12.2. The monoisotopic (exact) mass is 354 g/mol. The van der Waals surface area contributed by atoms with Gasteiger partial charge in [0.25, 0.3) is 5.56 Å². The molecular formula is C18H30N2O5. The molecular weight excluding hydrogens is 324 g/mol. The van der Waals surface area contributed by atoms with E-state index in [1.807, 2.05) is 20.8 Å². The van der Waals surface area contributed by atoms with Crippen LogP contribution in [0.5, 0.6) is 0 Å². The van der Waals surface area contributed by atoms with Gasteiger partial charge in [-0.05, 0) is 32.6 Å². The van der Waals surface area contributed by atoms with Crippen molar-refractivity contribution in [2.45, 2.75) is 78.1 Å². The van der Waals surface area contributed by atoms with Crippen molar-refractivity contribution in [3.05, 3.63) is 33.1 Å². The van der Waals surface area contributed by atoms with E-state index in [0.717, 1.165) is 6.42 Å². The van der Waals surface area contributed by atoms with Crippen LogP contribution in [0.2, 0.25) is 0 Å². The highest BCUT2D eigenvalue weighted by molar-refractivity contribution is 4.96. The molecule has 7 heteroatoms. The molecule has 1 N–H and O–H groups in total. The number of rotatable bonds is 4. The minimum Gasteiger partial charge on any atom is -0.374 e. The lowest BCUT2D eigenvalue weighted by atomic mass is 9.87. The summed E-state index contributed by atoms with van der Waals surface area (Å²) in [7, 11) is 1.58. The summed E-state index contributed by atoms with van der Waals surface area (Å²) < 4.78 is 19.5. The van der Waals surface area contributed by atoms with Crippen LogP contribution in [0.25, 0.3) is 0 Å². The first-order chi connectivity index (χ1) is 11.4. The Morgan fingerprint density at radius 2 is 1.80 bits per heavy atom. The lowest BCUT2D eigenvalue weighted by Crippen LogP contribution is -2.43. The van der Waals surface area contributed by atoms with E-state index in [0.29, 0.717) is 0 Å². The van der Waals surface area contributed by atoms with Crippen LogP contribution in [-0.4, -0.2) is 40.6 Å². The molecule has 0 amide bonds. The molecule has 2 unspecified atom stereocenters. The fraction of sp³-hybridized carbons (Fsp3) is 0.778. The van der Waals surface area contributed by atoms with Crippen LogP contribution in [0.15, 0.2) is 21.9 Å². The number of H-pyrrole nitrogens is 1. The SMILES string of the molecule is COC1C(OC(C)(C)C)[C@@H](CC(C)(C)C)O[C@H]1n1ccc(=O)[nH]c1=O. The molecule has 0 bridgehead atoms. The van der Waals surface area contributed by atoms with Gasteiger partial charge in [0.15, 0.2) is 6.23 Å². The molecule has 1 saturated heterocycles. The third-order valence-electron chi connectivity index (χ3n) is 3.99. The number of methoxy groups -OCH3 is 1. The van der Waals surface area contributed by atoms with Crippen LogP contribution in [0.1, 0.15) is 54.2 Å². The second-order valence-electron chi connectivity index (χ2n) is 8.74. The van der Waals surface area contributed by atoms with Crippen LogP contribution in [0.4, 0.5) is 0 Å². The number of aromatic amines is 1. The van der Waals surface area contributed by atoms with Crippen LogP contribution in [-0.2, 0) is 14.2 Å². The molecule has 142 valence electrons. The van der Waals surface area contributed by atoms with E-state index in [-0.39, 0.29) is 23.2 Å². The Hall–Kier alpha value is -1.44. The van der Waals surface area contributed by atoms with Crippen LogP contribution in [0, 0.1) is 5.41 Å². The van der Waals surface area contributed by atoms with E-state index in [1.165, 1.54) is 16.8 Å². The summed E-state index contributed by atoms with van der Waals surface area (Å²) in [5.41, 5.74) is -1.33. The molecule has 2 heterocycles. The molecule has 4 atom stereocenters. The minimum absolute atomic E-state index is 0.0211. The van der Waals surface area contributed by atoms with Gasteiger partial charge >= 0.3 is 5.69 Å². The topological polar surface area (TPSA) is 82.6 Å². The summed E-state index contributed by atoms with van der Waals surface area (Å²) in [5, 5.41) is 0. The molecule has 1 aromatic rings. The molecule has 0 aromatic carbocycles. The number of hydrogen-bond acceptors (Lipinski definition) is 5. The van der Waals surface area contributed by atoms with Crippen LogP contribution in [0.3, 0.4) is 0 Å². The fourth-order valence-electron chi connectivity index (χ4n) is 3.13. The average Bonchev–Trinajstić information content (AvgIpc) is 2.72. The van der Waals surface area contributed by atoms with Gasteiger partial charge in [-0.2, -0.15) is 0 Å². The highest BCUT2D eigenvalue weighted by atomic mass is 16.6.